The average molecular weight is 324 g/mol. The number of hydrogen-bond donors (Lipinski definition) is 0. The van der Waals surface area contributed by atoms with Gasteiger partial charge in [-0.15, -0.1) is 0 Å². The molecule has 0 bridgehead atoms. The van der Waals surface area contributed by atoms with E-state index in [4.69, 9.17) is 4.74 Å². The van der Waals surface area contributed by atoms with Crippen molar-refractivity contribution in [3.05, 3.63) is 42.1 Å². The Balaban J connectivity index is 1.65. The first-order valence-corrected chi connectivity index (χ1v) is 8.10. The fourth-order valence-corrected chi connectivity index (χ4v) is 3.18. The predicted octanol–water partition coefficient (Wildman–Crippen LogP) is 1.88. The number of anilines is 1. The van der Waals surface area contributed by atoms with Gasteiger partial charge in [0.2, 0.25) is 5.95 Å². The van der Waals surface area contributed by atoms with Crippen molar-refractivity contribution < 1.29 is 4.74 Å². The van der Waals surface area contributed by atoms with Gasteiger partial charge in [-0.05, 0) is 42.0 Å². The molecule has 3 heterocycles. The minimum Gasteiger partial charge on any atom is -0.372 e. The van der Waals surface area contributed by atoms with E-state index in [0.717, 1.165) is 35.5 Å². The summed E-state index contributed by atoms with van der Waals surface area (Å²) in [6.45, 7) is 7.03. The van der Waals surface area contributed by atoms with E-state index in [1.165, 1.54) is 0 Å². The number of nitrogens with zero attached hydrogens (tertiary/aromatic N) is 6. The zero-order valence-corrected chi connectivity index (χ0v) is 13.9. The van der Waals surface area contributed by atoms with Crippen molar-refractivity contribution in [2.45, 2.75) is 26.0 Å². The summed E-state index contributed by atoms with van der Waals surface area (Å²) in [5, 5.41) is 13.4. The van der Waals surface area contributed by atoms with Crippen LogP contribution in [0.1, 0.15) is 19.4 Å². The maximum Gasteiger partial charge on any atom is 0.246 e. The van der Waals surface area contributed by atoms with E-state index >= 15 is 0 Å². The zero-order chi connectivity index (χ0) is 16.6. The second-order valence-electron chi connectivity index (χ2n) is 6.65. The molecule has 2 aromatic heterocycles. The molecular formula is C17H20N6O. The van der Waals surface area contributed by atoms with E-state index in [2.05, 4.69) is 51.4 Å². The van der Waals surface area contributed by atoms with Crippen LogP contribution in [0, 0.1) is 0 Å². The number of ether oxygens (including phenoxy) is 1. The molecule has 7 heteroatoms. The lowest BCUT2D eigenvalue weighted by Crippen LogP contribution is -2.49. The third-order valence-electron chi connectivity index (χ3n) is 4.28. The molecule has 1 saturated heterocycles. The van der Waals surface area contributed by atoms with Gasteiger partial charge in [-0.2, -0.15) is 0 Å². The Bertz CT molecular complexity index is 854. The third kappa shape index (κ3) is 2.82. The first-order valence-electron chi connectivity index (χ1n) is 8.10. The minimum absolute atomic E-state index is 0.196. The van der Waals surface area contributed by atoms with Crippen LogP contribution in [0.15, 0.2) is 36.5 Å². The van der Waals surface area contributed by atoms with Crippen molar-refractivity contribution in [1.29, 1.82) is 0 Å². The summed E-state index contributed by atoms with van der Waals surface area (Å²) in [6.07, 6.45) is 1.81. The second-order valence-corrected chi connectivity index (χ2v) is 6.65. The Morgan fingerprint density at radius 3 is 3.00 bits per heavy atom. The highest BCUT2D eigenvalue weighted by atomic mass is 16.5. The summed E-state index contributed by atoms with van der Waals surface area (Å²) in [5.74, 6) is 0.785. The van der Waals surface area contributed by atoms with Gasteiger partial charge in [-0.25, -0.2) is 4.68 Å². The molecule has 0 unspecified atom stereocenters. The van der Waals surface area contributed by atoms with Gasteiger partial charge in [0.05, 0.1) is 24.3 Å². The van der Waals surface area contributed by atoms with Crippen LogP contribution >= 0.6 is 0 Å². The lowest BCUT2D eigenvalue weighted by Gasteiger charge is -2.38. The van der Waals surface area contributed by atoms with Crippen LogP contribution < -0.4 is 4.90 Å². The molecule has 0 radical (unpaired) electrons. The zero-order valence-electron chi connectivity index (χ0n) is 13.9. The van der Waals surface area contributed by atoms with E-state index in [-0.39, 0.29) is 5.60 Å². The summed E-state index contributed by atoms with van der Waals surface area (Å²) < 4.78 is 7.63. The summed E-state index contributed by atoms with van der Waals surface area (Å²) in [6, 6.07) is 10.2. The molecule has 0 atom stereocenters. The Kier molecular flexibility index (Phi) is 3.65. The Labute approximate surface area is 140 Å². The van der Waals surface area contributed by atoms with Gasteiger partial charge >= 0.3 is 0 Å². The molecule has 24 heavy (non-hydrogen) atoms. The molecule has 0 spiro atoms. The highest BCUT2D eigenvalue weighted by Gasteiger charge is 2.30. The molecule has 0 saturated carbocycles. The van der Waals surface area contributed by atoms with Gasteiger partial charge in [0, 0.05) is 24.7 Å². The van der Waals surface area contributed by atoms with Crippen molar-refractivity contribution in [3.63, 3.8) is 0 Å². The van der Waals surface area contributed by atoms with Gasteiger partial charge in [0.1, 0.15) is 0 Å². The molecular weight excluding hydrogens is 304 g/mol. The number of fused-ring (bicyclic) bond motifs is 1. The molecule has 4 rings (SSSR count). The van der Waals surface area contributed by atoms with E-state index in [1.807, 2.05) is 29.1 Å². The lowest BCUT2D eigenvalue weighted by molar-refractivity contribution is -0.0283. The molecule has 0 N–H and O–H groups in total. The molecule has 0 amide bonds. The molecule has 1 aromatic carbocycles. The number of tetrazole rings is 1. The molecule has 7 nitrogen and oxygen atoms in total. The largest absolute Gasteiger partial charge is 0.372 e. The van der Waals surface area contributed by atoms with Gasteiger partial charge < -0.3 is 9.64 Å². The SMILES string of the molecule is CC1(C)CN(c2nnnn2Cc2cccc3ncccc23)CCO1. The smallest absolute Gasteiger partial charge is 0.246 e. The number of hydrogen-bond acceptors (Lipinski definition) is 6. The van der Waals surface area contributed by atoms with E-state index in [0.29, 0.717) is 13.2 Å². The van der Waals surface area contributed by atoms with Crippen LogP contribution in [-0.2, 0) is 11.3 Å². The standard InChI is InChI=1S/C17H20N6O/c1-17(2)12-22(9-10-24-17)16-19-20-21-23(16)11-13-5-3-7-15-14(13)6-4-8-18-15/h3-8H,9-12H2,1-2H3. The van der Waals surface area contributed by atoms with E-state index in [1.54, 1.807) is 0 Å². The fourth-order valence-electron chi connectivity index (χ4n) is 3.18. The normalized spacial score (nSPS) is 17.3. The maximum atomic E-state index is 5.78. The van der Waals surface area contributed by atoms with Crippen molar-refractivity contribution >= 4 is 16.9 Å². The Morgan fingerprint density at radius 2 is 2.12 bits per heavy atom. The summed E-state index contributed by atoms with van der Waals surface area (Å²) in [5.41, 5.74) is 1.94. The summed E-state index contributed by atoms with van der Waals surface area (Å²) >= 11 is 0. The van der Waals surface area contributed by atoms with Gasteiger partial charge in [0.25, 0.3) is 0 Å². The molecule has 0 aliphatic carbocycles. The Morgan fingerprint density at radius 1 is 1.21 bits per heavy atom. The van der Waals surface area contributed by atoms with Gasteiger partial charge in [0.15, 0.2) is 0 Å². The molecule has 1 aliphatic rings. The van der Waals surface area contributed by atoms with Crippen molar-refractivity contribution in [2.75, 3.05) is 24.6 Å². The Hall–Kier alpha value is -2.54. The number of aromatic nitrogens is 5. The first-order chi connectivity index (χ1) is 11.6. The fraction of sp³-hybridized carbons (Fsp3) is 0.412. The molecule has 1 fully saturated rings. The quantitative estimate of drug-likeness (QED) is 0.733. The number of rotatable bonds is 3. The van der Waals surface area contributed by atoms with Crippen LogP contribution in [0.2, 0.25) is 0 Å². The number of pyridine rings is 1. The molecule has 124 valence electrons. The van der Waals surface area contributed by atoms with Crippen molar-refractivity contribution in [1.82, 2.24) is 25.2 Å². The second kappa shape index (κ2) is 5.83. The number of benzene rings is 1. The van der Waals surface area contributed by atoms with Crippen LogP contribution in [-0.4, -0.2) is 50.5 Å². The van der Waals surface area contributed by atoms with Crippen molar-refractivity contribution in [3.8, 4) is 0 Å². The average Bonchev–Trinajstić information content (AvgIpc) is 3.02. The van der Waals surface area contributed by atoms with Crippen LogP contribution in [0.5, 0.6) is 0 Å². The summed E-state index contributed by atoms with van der Waals surface area (Å²) in [7, 11) is 0. The van der Waals surface area contributed by atoms with E-state index < -0.39 is 0 Å². The minimum atomic E-state index is -0.196. The topological polar surface area (TPSA) is 69.0 Å². The maximum absolute atomic E-state index is 5.78. The number of morpholine rings is 1. The first kappa shape index (κ1) is 15.0. The van der Waals surface area contributed by atoms with Crippen LogP contribution in [0.25, 0.3) is 10.9 Å². The monoisotopic (exact) mass is 324 g/mol. The predicted molar refractivity (Wildman–Crippen MR) is 90.9 cm³/mol. The van der Waals surface area contributed by atoms with Gasteiger partial charge in [-0.3, -0.25) is 4.98 Å². The highest BCUT2D eigenvalue weighted by molar-refractivity contribution is 5.81. The molecule has 3 aromatic rings. The van der Waals surface area contributed by atoms with Crippen LogP contribution in [0.4, 0.5) is 5.95 Å². The van der Waals surface area contributed by atoms with Gasteiger partial charge in [-0.1, -0.05) is 23.3 Å². The molecule has 1 aliphatic heterocycles. The van der Waals surface area contributed by atoms with E-state index in [9.17, 15) is 0 Å². The highest BCUT2D eigenvalue weighted by Crippen LogP contribution is 2.23. The third-order valence-corrected chi connectivity index (χ3v) is 4.28. The van der Waals surface area contributed by atoms with Crippen molar-refractivity contribution in [2.24, 2.45) is 0 Å². The lowest BCUT2D eigenvalue weighted by atomic mass is 10.1. The van der Waals surface area contributed by atoms with Crippen LogP contribution in [0.3, 0.4) is 0 Å². The summed E-state index contributed by atoms with van der Waals surface area (Å²) in [4.78, 5) is 6.60.